The Bertz CT molecular complexity index is 775. The molecule has 0 spiro atoms. The van der Waals surface area contributed by atoms with Crippen LogP contribution in [0.25, 0.3) is 21.3 Å². The van der Waals surface area contributed by atoms with Gasteiger partial charge in [-0.05, 0) is 18.4 Å². The number of aromatic nitrogens is 2. The minimum atomic E-state index is 0.559. The van der Waals surface area contributed by atoms with E-state index in [2.05, 4.69) is 35.0 Å². The van der Waals surface area contributed by atoms with Gasteiger partial charge in [0.1, 0.15) is 16.5 Å². The fourth-order valence-electron chi connectivity index (χ4n) is 2.82. The molecule has 0 aliphatic heterocycles. The van der Waals surface area contributed by atoms with E-state index >= 15 is 0 Å². The highest BCUT2D eigenvalue weighted by atomic mass is 32.1. The second-order valence-corrected chi connectivity index (χ2v) is 6.36. The van der Waals surface area contributed by atoms with Crippen molar-refractivity contribution in [2.45, 2.75) is 25.2 Å². The third-order valence-corrected chi connectivity index (χ3v) is 5.12. The molecule has 4 heteroatoms. The van der Waals surface area contributed by atoms with Crippen LogP contribution in [0.4, 0.5) is 5.82 Å². The first-order chi connectivity index (χ1) is 10.4. The maximum absolute atomic E-state index is 4.82. The van der Waals surface area contributed by atoms with Gasteiger partial charge >= 0.3 is 0 Å². The van der Waals surface area contributed by atoms with Crippen molar-refractivity contribution in [3.05, 3.63) is 41.5 Å². The van der Waals surface area contributed by atoms with Gasteiger partial charge in [-0.25, -0.2) is 9.97 Å². The van der Waals surface area contributed by atoms with Gasteiger partial charge in [0, 0.05) is 23.9 Å². The van der Waals surface area contributed by atoms with Gasteiger partial charge in [-0.3, -0.25) is 0 Å². The SMILES string of the molecule is CNc1nc(C2CCC2)nc2scc(-c3ccccc3)c12. The van der Waals surface area contributed by atoms with Crippen LogP contribution in [0.15, 0.2) is 35.7 Å². The molecule has 0 radical (unpaired) electrons. The fourth-order valence-corrected chi connectivity index (χ4v) is 3.77. The molecule has 4 rings (SSSR count). The predicted molar refractivity (Wildman–Crippen MR) is 89.0 cm³/mol. The van der Waals surface area contributed by atoms with Crippen LogP contribution in [0.3, 0.4) is 0 Å². The van der Waals surface area contributed by atoms with E-state index in [1.807, 2.05) is 13.1 Å². The van der Waals surface area contributed by atoms with Crippen molar-refractivity contribution >= 4 is 27.4 Å². The Balaban J connectivity index is 1.91. The monoisotopic (exact) mass is 295 g/mol. The average molecular weight is 295 g/mol. The molecule has 1 aromatic carbocycles. The molecule has 3 aromatic rings. The molecule has 2 heterocycles. The van der Waals surface area contributed by atoms with Crippen LogP contribution in [0.5, 0.6) is 0 Å². The van der Waals surface area contributed by atoms with E-state index in [0.29, 0.717) is 5.92 Å². The third-order valence-electron chi connectivity index (χ3n) is 4.24. The van der Waals surface area contributed by atoms with Crippen molar-refractivity contribution < 1.29 is 0 Å². The van der Waals surface area contributed by atoms with Crippen molar-refractivity contribution in [2.75, 3.05) is 12.4 Å². The van der Waals surface area contributed by atoms with E-state index in [1.165, 1.54) is 30.4 Å². The highest BCUT2D eigenvalue weighted by Gasteiger charge is 2.24. The second-order valence-electron chi connectivity index (χ2n) is 5.50. The number of thiophene rings is 1. The summed E-state index contributed by atoms with van der Waals surface area (Å²) < 4.78 is 0. The molecule has 1 fully saturated rings. The van der Waals surface area contributed by atoms with E-state index in [4.69, 9.17) is 9.97 Å². The molecule has 21 heavy (non-hydrogen) atoms. The van der Waals surface area contributed by atoms with E-state index in [1.54, 1.807) is 11.3 Å². The predicted octanol–water partition coefficient (Wildman–Crippen LogP) is 4.67. The third kappa shape index (κ3) is 2.10. The molecule has 0 atom stereocenters. The molecule has 106 valence electrons. The van der Waals surface area contributed by atoms with Gasteiger partial charge in [-0.1, -0.05) is 36.8 Å². The van der Waals surface area contributed by atoms with Crippen LogP contribution >= 0.6 is 11.3 Å². The first-order valence-electron chi connectivity index (χ1n) is 7.39. The highest BCUT2D eigenvalue weighted by Crippen LogP contribution is 2.40. The lowest BCUT2D eigenvalue weighted by Gasteiger charge is -2.24. The first-order valence-corrected chi connectivity index (χ1v) is 8.27. The van der Waals surface area contributed by atoms with Crippen molar-refractivity contribution in [1.82, 2.24) is 9.97 Å². The minimum absolute atomic E-state index is 0.559. The Morgan fingerprint density at radius 3 is 2.62 bits per heavy atom. The van der Waals surface area contributed by atoms with E-state index in [0.717, 1.165) is 21.9 Å². The first kappa shape index (κ1) is 12.8. The summed E-state index contributed by atoms with van der Waals surface area (Å²) in [5.74, 6) is 2.53. The number of rotatable bonds is 3. The molecule has 0 amide bonds. The summed E-state index contributed by atoms with van der Waals surface area (Å²) in [7, 11) is 1.94. The fraction of sp³-hybridized carbons (Fsp3) is 0.294. The van der Waals surface area contributed by atoms with E-state index < -0.39 is 0 Å². The number of nitrogens with zero attached hydrogens (tertiary/aromatic N) is 2. The molecule has 1 aliphatic carbocycles. The lowest BCUT2D eigenvalue weighted by atomic mass is 9.85. The number of hydrogen-bond acceptors (Lipinski definition) is 4. The van der Waals surface area contributed by atoms with Crippen LogP contribution < -0.4 is 5.32 Å². The molecule has 1 N–H and O–H groups in total. The standard InChI is InChI=1S/C17H17N3S/c1-18-16-14-13(11-6-3-2-4-7-11)10-21-17(14)20-15(19-16)12-8-5-9-12/h2-4,6-7,10,12H,5,8-9H2,1H3,(H,18,19,20). The quantitative estimate of drug-likeness (QED) is 0.763. The zero-order chi connectivity index (χ0) is 14.2. The number of anilines is 1. The summed E-state index contributed by atoms with van der Waals surface area (Å²) in [6, 6.07) is 10.5. The Labute approximate surface area is 128 Å². The summed E-state index contributed by atoms with van der Waals surface area (Å²) in [6.45, 7) is 0. The highest BCUT2D eigenvalue weighted by molar-refractivity contribution is 7.17. The maximum Gasteiger partial charge on any atom is 0.138 e. The number of nitrogens with one attached hydrogen (secondary N) is 1. The minimum Gasteiger partial charge on any atom is -0.372 e. The number of fused-ring (bicyclic) bond motifs is 1. The lowest BCUT2D eigenvalue weighted by molar-refractivity contribution is 0.403. The van der Waals surface area contributed by atoms with Crippen LogP contribution in [-0.2, 0) is 0 Å². The molecule has 0 bridgehead atoms. The normalized spacial score (nSPS) is 15.1. The summed E-state index contributed by atoms with van der Waals surface area (Å²) in [5, 5.41) is 6.61. The van der Waals surface area contributed by atoms with Gasteiger partial charge in [-0.15, -0.1) is 11.3 Å². The number of hydrogen-bond donors (Lipinski definition) is 1. The van der Waals surface area contributed by atoms with E-state index in [-0.39, 0.29) is 0 Å². The smallest absolute Gasteiger partial charge is 0.138 e. The summed E-state index contributed by atoms with van der Waals surface area (Å²) in [5.41, 5.74) is 2.44. The molecule has 1 saturated carbocycles. The van der Waals surface area contributed by atoms with Crippen molar-refractivity contribution in [3.63, 3.8) is 0 Å². The molecule has 0 unspecified atom stereocenters. The summed E-state index contributed by atoms with van der Waals surface area (Å²) in [6.07, 6.45) is 3.76. The molecule has 1 aliphatic rings. The maximum atomic E-state index is 4.82. The second kappa shape index (κ2) is 5.11. The molecular weight excluding hydrogens is 278 g/mol. The Morgan fingerprint density at radius 2 is 1.95 bits per heavy atom. The zero-order valence-corrected chi connectivity index (χ0v) is 12.8. The molecule has 2 aromatic heterocycles. The van der Waals surface area contributed by atoms with Gasteiger partial charge in [0.2, 0.25) is 0 Å². The van der Waals surface area contributed by atoms with Gasteiger partial charge in [0.25, 0.3) is 0 Å². The molecule has 0 saturated heterocycles. The van der Waals surface area contributed by atoms with Crippen LogP contribution in [0.2, 0.25) is 0 Å². The van der Waals surface area contributed by atoms with Crippen molar-refractivity contribution in [1.29, 1.82) is 0 Å². The topological polar surface area (TPSA) is 37.8 Å². The summed E-state index contributed by atoms with van der Waals surface area (Å²) in [4.78, 5) is 10.7. The van der Waals surface area contributed by atoms with Gasteiger partial charge < -0.3 is 5.32 Å². The van der Waals surface area contributed by atoms with Gasteiger partial charge in [-0.2, -0.15) is 0 Å². The van der Waals surface area contributed by atoms with Crippen LogP contribution in [0, 0.1) is 0 Å². The van der Waals surface area contributed by atoms with Crippen molar-refractivity contribution in [3.8, 4) is 11.1 Å². The van der Waals surface area contributed by atoms with Crippen LogP contribution in [0.1, 0.15) is 31.0 Å². The largest absolute Gasteiger partial charge is 0.372 e. The Kier molecular flexibility index (Phi) is 3.11. The van der Waals surface area contributed by atoms with Crippen molar-refractivity contribution in [2.24, 2.45) is 0 Å². The van der Waals surface area contributed by atoms with Gasteiger partial charge in [0.15, 0.2) is 0 Å². The van der Waals surface area contributed by atoms with E-state index in [9.17, 15) is 0 Å². The summed E-state index contributed by atoms with van der Waals surface area (Å²) >= 11 is 1.71. The Morgan fingerprint density at radius 1 is 1.14 bits per heavy atom. The molecular formula is C17H17N3S. The number of benzene rings is 1. The average Bonchev–Trinajstić information content (AvgIpc) is 2.89. The Hall–Kier alpha value is -1.94. The molecule has 3 nitrogen and oxygen atoms in total. The van der Waals surface area contributed by atoms with Gasteiger partial charge in [0.05, 0.1) is 5.39 Å². The zero-order valence-electron chi connectivity index (χ0n) is 12.0. The van der Waals surface area contributed by atoms with Crippen LogP contribution in [-0.4, -0.2) is 17.0 Å². The lowest BCUT2D eigenvalue weighted by Crippen LogP contribution is -2.13.